The number of hydrogen-bond donors (Lipinski definition) is 2. The van der Waals surface area contributed by atoms with Crippen molar-refractivity contribution in [1.29, 1.82) is 0 Å². The molecule has 0 saturated heterocycles. The first-order chi connectivity index (χ1) is 18.7. The Hall–Kier alpha value is -3.66. The second kappa shape index (κ2) is 10.1. The van der Waals surface area contributed by atoms with Crippen molar-refractivity contribution in [2.45, 2.75) is 37.8 Å². The molecule has 1 aliphatic rings. The summed E-state index contributed by atoms with van der Waals surface area (Å²) in [4.78, 5) is 21.1. The minimum Gasteiger partial charge on any atom is -0.506 e. The molecule has 9 heteroatoms. The van der Waals surface area contributed by atoms with E-state index in [0.29, 0.717) is 17.1 Å². The summed E-state index contributed by atoms with van der Waals surface area (Å²) in [7, 11) is -0.229. The number of thiophene rings is 1. The molecule has 0 radical (unpaired) electrons. The predicted molar refractivity (Wildman–Crippen MR) is 155 cm³/mol. The van der Waals surface area contributed by atoms with Gasteiger partial charge in [-0.3, -0.25) is 0 Å². The maximum atomic E-state index is 12.6. The average Bonchev–Trinajstić information content (AvgIpc) is 3.56. The number of aromatic nitrogens is 2. The lowest BCUT2D eigenvalue weighted by Crippen LogP contribution is -2.69. The van der Waals surface area contributed by atoms with Crippen molar-refractivity contribution >= 4 is 42.1 Å². The zero-order valence-corrected chi connectivity index (χ0v) is 24.5. The van der Waals surface area contributed by atoms with E-state index in [9.17, 15) is 9.90 Å². The van der Waals surface area contributed by atoms with Crippen LogP contribution in [-0.4, -0.2) is 43.6 Å². The number of methoxy groups -OCH3 is 2. The Morgan fingerprint density at radius 2 is 1.67 bits per heavy atom. The average molecular weight is 561 g/mol. The molecule has 0 fully saturated rings. The Kier molecular flexibility index (Phi) is 7.00. The number of nitrogens with one attached hydrogen (secondary N) is 1. The Bertz CT molecular complexity index is 1470. The van der Waals surface area contributed by atoms with Crippen LogP contribution in [0.2, 0.25) is 5.04 Å². The summed E-state index contributed by atoms with van der Waals surface area (Å²) >= 11 is 1.15. The summed E-state index contributed by atoms with van der Waals surface area (Å²) in [5.74, 6) is -0.205. The Morgan fingerprint density at radius 1 is 1.05 bits per heavy atom. The molecule has 0 aliphatic heterocycles. The molecular formula is C30H32N2O5SSi. The molecule has 0 amide bonds. The van der Waals surface area contributed by atoms with Gasteiger partial charge < -0.3 is 24.0 Å². The summed E-state index contributed by atoms with van der Waals surface area (Å²) < 4.78 is 18.8. The number of nitrogens with zero attached hydrogens (tertiary/aromatic N) is 1. The van der Waals surface area contributed by atoms with E-state index in [1.807, 2.05) is 42.5 Å². The first-order valence-electron chi connectivity index (χ1n) is 12.7. The van der Waals surface area contributed by atoms with Crippen molar-refractivity contribution in [3.05, 3.63) is 100.0 Å². The molecular weight excluding hydrogens is 528 g/mol. The highest BCUT2D eigenvalue weighted by atomic mass is 32.1. The third kappa shape index (κ3) is 4.40. The van der Waals surface area contributed by atoms with Crippen LogP contribution in [-0.2, 0) is 25.9 Å². The molecule has 1 atom stereocenters. The molecule has 0 saturated carbocycles. The monoisotopic (exact) mass is 560 g/mol. The van der Waals surface area contributed by atoms with Gasteiger partial charge in [0.25, 0.3) is 8.32 Å². The van der Waals surface area contributed by atoms with E-state index in [1.165, 1.54) is 7.11 Å². The van der Waals surface area contributed by atoms with Crippen molar-refractivity contribution in [3.63, 3.8) is 0 Å². The second-order valence-corrected chi connectivity index (χ2v) is 15.8. The van der Waals surface area contributed by atoms with Gasteiger partial charge in [-0.25, -0.2) is 9.78 Å². The van der Waals surface area contributed by atoms with Gasteiger partial charge in [0.15, 0.2) is 10.5 Å². The molecule has 39 heavy (non-hydrogen) atoms. The predicted octanol–water partition coefficient (Wildman–Crippen LogP) is 4.98. The Morgan fingerprint density at radius 3 is 2.21 bits per heavy atom. The van der Waals surface area contributed by atoms with Crippen LogP contribution >= 0.6 is 11.3 Å². The maximum Gasteiger partial charge on any atom is 0.351 e. The minimum atomic E-state index is -3.14. The summed E-state index contributed by atoms with van der Waals surface area (Å²) in [6.07, 6.45) is 3.90. The van der Waals surface area contributed by atoms with Crippen LogP contribution in [0.3, 0.4) is 0 Å². The topological polar surface area (TPSA) is 93.7 Å². The standard InChI is InChI=1S/C30H32N2O5SSi/c1-29(2,3)39(20-12-8-6-9-13-20,21-14-10-7-11-15-21)37-30(26-17-24(33)27(38-26)28(34)36-5)18-23-22(31-19-32-23)16-25(30)35-4/h6-17,19,33H,18H2,1-5H3,(H,31,32). The maximum absolute atomic E-state index is 12.6. The van der Waals surface area contributed by atoms with Crippen LogP contribution in [0.5, 0.6) is 5.75 Å². The van der Waals surface area contributed by atoms with Gasteiger partial charge in [-0.2, -0.15) is 0 Å². The molecule has 2 aromatic heterocycles. The summed E-state index contributed by atoms with van der Waals surface area (Å²) in [6, 6.07) is 22.3. The molecule has 2 N–H and O–H groups in total. The molecule has 202 valence electrons. The van der Waals surface area contributed by atoms with Gasteiger partial charge in [-0.1, -0.05) is 81.4 Å². The van der Waals surface area contributed by atoms with Gasteiger partial charge in [0, 0.05) is 17.4 Å². The normalized spacial score (nSPS) is 17.3. The lowest BCUT2D eigenvalue weighted by atomic mass is 9.88. The number of benzene rings is 2. The molecule has 2 heterocycles. The van der Waals surface area contributed by atoms with Crippen molar-refractivity contribution in [1.82, 2.24) is 9.97 Å². The van der Waals surface area contributed by atoms with E-state index >= 15 is 0 Å². The number of ether oxygens (including phenoxy) is 2. The third-order valence-corrected chi connectivity index (χ3v) is 13.6. The number of rotatable bonds is 7. The second-order valence-electron chi connectivity index (χ2n) is 10.6. The van der Waals surface area contributed by atoms with Crippen LogP contribution < -0.4 is 10.4 Å². The fourth-order valence-corrected chi connectivity index (χ4v) is 11.4. The van der Waals surface area contributed by atoms with Crippen molar-refractivity contribution in [2.75, 3.05) is 14.2 Å². The van der Waals surface area contributed by atoms with Crippen molar-refractivity contribution in [3.8, 4) is 5.75 Å². The van der Waals surface area contributed by atoms with Crippen LogP contribution in [0.4, 0.5) is 0 Å². The quantitative estimate of drug-likeness (QED) is 0.245. The Labute approximate surface area is 233 Å². The highest BCUT2D eigenvalue weighted by Gasteiger charge is 2.58. The van der Waals surface area contributed by atoms with E-state index in [4.69, 9.17) is 13.9 Å². The van der Waals surface area contributed by atoms with Gasteiger partial charge in [0.05, 0.1) is 31.9 Å². The molecule has 1 aliphatic carbocycles. The number of esters is 1. The van der Waals surface area contributed by atoms with Gasteiger partial charge >= 0.3 is 5.97 Å². The zero-order chi connectivity index (χ0) is 27.8. The summed E-state index contributed by atoms with van der Waals surface area (Å²) in [5, 5.41) is 12.7. The third-order valence-electron chi connectivity index (χ3n) is 7.29. The fraction of sp³-hybridized carbons (Fsp3) is 0.267. The molecule has 0 spiro atoms. The van der Waals surface area contributed by atoms with Crippen LogP contribution in [0, 0.1) is 0 Å². The van der Waals surface area contributed by atoms with E-state index in [1.54, 1.807) is 19.5 Å². The highest BCUT2D eigenvalue weighted by molar-refractivity contribution is 7.14. The van der Waals surface area contributed by atoms with Crippen molar-refractivity contribution in [2.24, 2.45) is 0 Å². The SMILES string of the molecule is COC(=O)c1sc(C2(O[Si](c3ccccc3)(c3ccccc3)C(C)(C)C)Cc3nc[nH]c3C=C2OC)cc1O. The van der Waals surface area contributed by atoms with Crippen molar-refractivity contribution < 1.29 is 23.8 Å². The van der Waals surface area contributed by atoms with Crippen LogP contribution in [0.25, 0.3) is 6.08 Å². The molecule has 4 aromatic rings. The molecule has 5 rings (SSSR count). The van der Waals surface area contributed by atoms with Crippen LogP contribution in [0.1, 0.15) is 46.7 Å². The number of imidazole rings is 1. The minimum absolute atomic E-state index is 0.112. The number of carbonyl (C=O) groups excluding carboxylic acids is 1. The van der Waals surface area contributed by atoms with E-state index in [-0.39, 0.29) is 15.7 Å². The van der Waals surface area contributed by atoms with Gasteiger partial charge in [0.1, 0.15) is 11.5 Å². The number of carbonyl (C=O) groups is 1. The zero-order valence-electron chi connectivity index (χ0n) is 22.6. The number of H-pyrrole nitrogens is 1. The largest absolute Gasteiger partial charge is 0.506 e. The number of aromatic amines is 1. The lowest BCUT2D eigenvalue weighted by Gasteiger charge is -2.50. The number of aromatic hydroxyl groups is 1. The van der Waals surface area contributed by atoms with E-state index in [0.717, 1.165) is 33.1 Å². The van der Waals surface area contributed by atoms with Crippen LogP contribution in [0.15, 0.2) is 78.8 Å². The highest BCUT2D eigenvalue weighted by Crippen LogP contribution is 2.51. The molecule has 7 nitrogen and oxygen atoms in total. The molecule has 2 aromatic carbocycles. The fourth-order valence-electron chi connectivity index (χ4n) is 5.47. The Balaban J connectivity index is 1.84. The van der Waals surface area contributed by atoms with Gasteiger partial charge in [-0.05, 0) is 21.5 Å². The first kappa shape index (κ1) is 26.9. The summed E-state index contributed by atoms with van der Waals surface area (Å²) in [6.45, 7) is 6.62. The smallest absolute Gasteiger partial charge is 0.351 e. The van der Waals surface area contributed by atoms with E-state index < -0.39 is 19.9 Å². The lowest BCUT2D eigenvalue weighted by molar-refractivity contribution is 0.0364. The number of fused-ring (bicyclic) bond motifs is 1. The molecule has 1 unspecified atom stereocenters. The molecule has 0 bridgehead atoms. The first-order valence-corrected chi connectivity index (χ1v) is 15.4. The number of hydrogen-bond acceptors (Lipinski definition) is 7. The van der Waals surface area contributed by atoms with Gasteiger partial charge in [0.2, 0.25) is 0 Å². The van der Waals surface area contributed by atoms with E-state index in [2.05, 4.69) is 55.0 Å². The summed E-state index contributed by atoms with van der Waals surface area (Å²) in [5.41, 5.74) is 0.458. The van der Waals surface area contributed by atoms with Gasteiger partial charge in [-0.15, -0.1) is 11.3 Å².